The highest BCUT2D eigenvalue weighted by atomic mass is 16.3. The van der Waals surface area contributed by atoms with Gasteiger partial charge < -0.3 is 10.0 Å². The summed E-state index contributed by atoms with van der Waals surface area (Å²) in [7, 11) is 3.26. The van der Waals surface area contributed by atoms with E-state index >= 15 is 0 Å². The molecule has 1 N–H and O–H groups in total. The van der Waals surface area contributed by atoms with Gasteiger partial charge in [0.15, 0.2) is 6.10 Å². The molecule has 0 bridgehead atoms. The molecule has 2 heterocycles. The molecular weight excluding hydrogens is 302 g/mol. The van der Waals surface area contributed by atoms with E-state index < -0.39 is 6.10 Å². The first-order chi connectivity index (χ1) is 11.4. The van der Waals surface area contributed by atoms with Gasteiger partial charge in [-0.2, -0.15) is 0 Å². The van der Waals surface area contributed by atoms with Crippen LogP contribution in [-0.4, -0.2) is 39.4 Å². The molecule has 24 heavy (non-hydrogen) atoms. The van der Waals surface area contributed by atoms with E-state index in [1.165, 1.54) is 4.90 Å². The van der Waals surface area contributed by atoms with Crippen molar-refractivity contribution in [2.45, 2.75) is 20.0 Å². The van der Waals surface area contributed by atoms with Crippen LogP contribution >= 0.6 is 0 Å². The number of amides is 1. The number of pyridine rings is 1. The molecule has 0 saturated heterocycles. The molecule has 0 radical (unpaired) electrons. The standard InChI is InChI=1S/C19H21N3O2/c1-12-5-8-14(9-6-12)16-17(18(23)19(24)21(3)4)22-11-13(2)7-10-15(22)20-16/h5-11,18,23H,1-4H3. The molecule has 0 aliphatic rings. The number of nitrogens with zero attached hydrogens (tertiary/aromatic N) is 3. The fourth-order valence-electron chi connectivity index (χ4n) is 2.72. The van der Waals surface area contributed by atoms with Gasteiger partial charge in [0.2, 0.25) is 0 Å². The molecule has 124 valence electrons. The van der Waals surface area contributed by atoms with Crippen molar-refractivity contribution < 1.29 is 9.90 Å². The SMILES string of the molecule is Cc1ccc(-c2nc3ccc(C)cn3c2C(O)C(=O)N(C)C)cc1. The number of benzene rings is 1. The van der Waals surface area contributed by atoms with Crippen molar-refractivity contribution in [1.29, 1.82) is 0 Å². The minimum atomic E-state index is -1.27. The Hall–Kier alpha value is -2.66. The number of carbonyl (C=O) groups is 1. The van der Waals surface area contributed by atoms with E-state index in [4.69, 9.17) is 0 Å². The van der Waals surface area contributed by atoms with Crippen LogP contribution in [-0.2, 0) is 4.79 Å². The molecule has 1 amide bonds. The Bertz CT molecular complexity index is 895. The van der Waals surface area contributed by atoms with Crippen molar-refractivity contribution in [3.05, 3.63) is 59.4 Å². The molecule has 0 fully saturated rings. The van der Waals surface area contributed by atoms with Gasteiger partial charge in [-0.3, -0.25) is 9.20 Å². The number of fused-ring (bicyclic) bond motifs is 1. The summed E-state index contributed by atoms with van der Waals surface area (Å²) in [6.45, 7) is 3.98. The topological polar surface area (TPSA) is 57.8 Å². The van der Waals surface area contributed by atoms with E-state index in [1.54, 1.807) is 18.5 Å². The average molecular weight is 323 g/mol. The third-order valence-corrected chi connectivity index (χ3v) is 4.06. The van der Waals surface area contributed by atoms with Crippen LogP contribution in [0.15, 0.2) is 42.6 Å². The second kappa shape index (κ2) is 6.09. The summed E-state index contributed by atoms with van der Waals surface area (Å²) in [6.07, 6.45) is 0.620. The number of imidazole rings is 1. The second-order valence-electron chi connectivity index (χ2n) is 6.28. The maximum absolute atomic E-state index is 12.3. The Morgan fingerprint density at radius 2 is 1.71 bits per heavy atom. The van der Waals surface area contributed by atoms with Gasteiger partial charge in [0.1, 0.15) is 5.65 Å². The number of aryl methyl sites for hydroxylation is 2. The maximum atomic E-state index is 12.3. The number of hydrogen-bond donors (Lipinski definition) is 1. The van der Waals surface area contributed by atoms with Gasteiger partial charge in [-0.1, -0.05) is 35.9 Å². The summed E-state index contributed by atoms with van der Waals surface area (Å²) in [5, 5.41) is 10.7. The van der Waals surface area contributed by atoms with Crippen molar-refractivity contribution in [2.24, 2.45) is 0 Å². The first-order valence-corrected chi connectivity index (χ1v) is 7.83. The minimum Gasteiger partial charge on any atom is -0.377 e. The van der Waals surface area contributed by atoms with Crippen molar-refractivity contribution in [3.8, 4) is 11.3 Å². The van der Waals surface area contributed by atoms with Gasteiger partial charge in [-0.25, -0.2) is 4.98 Å². The third-order valence-electron chi connectivity index (χ3n) is 4.06. The number of aliphatic hydroxyl groups is 1. The highest BCUT2D eigenvalue weighted by Crippen LogP contribution is 2.30. The lowest BCUT2D eigenvalue weighted by Gasteiger charge is -2.17. The Labute approximate surface area is 141 Å². The first-order valence-electron chi connectivity index (χ1n) is 7.83. The van der Waals surface area contributed by atoms with Crippen molar-refractivity contribution in [2.75, 3.05) is 14.1 Å². The highest BCUT2D eigenvalue weighted by Gasteiger charge is 2.27. The molecule has 3 aromatic rings. The predicted molar refractivity (Wildman–Crippen MR) is 93.8 cm³/mol. The Kier molecular flexibility index (Phi) is 4.11. The number of aliphatic hydroxyl groups excluding tert-OH is 1. The molecule has 0 spiro atoms. The molecule has 2 aromatic heterocycles. The van der Waals surface area contributed by atoms with Crippen molar-refractivity contribution in [3.63, 3.8) is 0 Å². The predicted octanol–water partition coefficient (Wildman–Crippen LogP) is 2.74. The monoisotopic (exact) mass is 323 g/mol. The lowest BCUT2D eigenvalue weighted by atomic mass is 10.1. The first kappa shape index (κ1) is 16.2. The Balaban J connectivity index is 2.26. The number of rotatable bonds is 3. The molecule has 3 rings (SSSR count). The number of aromatic nitrogens is 2. The van der Waals surface area contributed by atoms with Gasteiger partial charge >= 0.3 is 0 Å². The zero-order valence-electron chi connectivity index (χ0n) is 14.3. The van der Waals surface area contributed by atoms with Gasteiger partial charge in [-0.05, 0) is 25.5 Å². The molecule has 0 aliphatic carbocycles. The zero-order chi connectivity index (χ0) is 17.4. The van der Waals surface area contributed by atoms with E-state index in [2.05, 4.69) is 4.98 Å². The maximum Gasteiger partial charge on any atom is 0.257 e. The lowest BCUT2D eigenvalue weighted by Crippen LogP contribution is -2.29. The van der Waals surface area contributed by atoms with Gasteiger partial charge in [0, 0.05) is 25.9 Å². The van der Waals surface area contributed by atoms with Crippen LogP contribution < -0.4 is 0 Å². The molecule has 1 unspecified atom stereocenters. The summed E-state index contributed by atoms with van der Waals surface area (Å²) in [6, 6.07) is 11.8. The molecule has 0 saturated carbocycles. The van der Waals surface area contributed by atoms with E-state index in [0.29, 0.717) is 17.0 Å². The average Bonchev–Trinajstić information content (AvgIpc) is 2.92. The van der Waals surface area contributed by atoms with Crippen LogP contribution in [0.2, 0.25) is 0 Å². The van der Waals surface area contributed by atoms with Gasteiger partial charge in [0.05, 0.1) is 11.4 Å². The summed E-state index contributed by atoms with van der Waals surface area (Å²) < 4.78 is 1.80. The van der Waals surface area contributed by atoms with Gasteiger partial charge in [0.25, 0.3) is 5.91 Å². The number of carbonyl (C=O) groups excluding carboxylic acids is 1. The molecule has 5 heteroatoms. The molecule has 1 aromatic carbocycles. The van der Waals surface area contributed by atoms with Crippen LogP contribution in [0.3, 0.4) is 0 Å². The molecule has 5 nitrogen and oxygen atoms in total. The van der Waals surface area contributed by atoms with E-state index in [-0.39, 0.29) is 5.91 Å². The zero-order valence-corrected chi connectivity index (χ0v) is 14.3. The third kappa shape index (κ3) is 2.78. The highest BCUT2D eigenvalue weighted by molar-refractivity contribution is 5.84. The normalized spacial score (nSPS) is 12.4. The summed E-state index contributed by atoms with van der Waals surface area (Å²) in [5.41, 5.74) is 4.88. The summed E-state index contributed by atoms with van der Waals surface area (Å²) >= 11 is 0. The number of likely N-dealkylation sites (N-methyl/N-ethyl adjacent to an activating group) is 1. The van der Waals surface area contributed by atoms with Crippen molar-refractivity contribution in [1.82, 2.24) is 14.3 Å². The number of hydrogen-bond acceptors (Lipinski definition) is 3. The summed E-state index contributed by atoms with van der Waals surface area (Å²) in [4.78, 5) is 18.4. The smallest absolute Gasteiger partial charge is 0.257 e. The Morgan fingerprint density at radius 3 is 2.33 bits per heavy atom. The van der Waals surface area contributed by atoms with E-state index in [0.717, 1.165) is 16.7 Å². The quantitative estimate of drug-likeness (QED) is 0.806. The van der Waals surface area contributed by atoms with Crippen LogP contribution in [0.4, 0.5) is 0 Å². The molecule has 1 atom stereocenters. The van der Waals surface area contributed by atoms with Crippen molar-refractivity contribution >= 4 is 11.6 Å². The van der Waals surface area contributed by atoms with Crippen LogP contribution in [0, 0.1) is 13.8 Å². The van der Waals surface area contributed by atoms with E-state index in [1.807, 2.05) is 56.4 Å². The Morgan fingerprint density at radius 1 is 1.08 bits per heavy atom. The summed E-state index contributed by atoms with van der Waals surface area (Å²) in [5.74, 6) is -0.369. The molecular formula is C19H21N3O2. The fourth-order valence-corrected chi connectivity index (χ4v) is 2.72. The second-order valence-corrected chi connectivity index (χ2v) is 6.28. The largest absolute Gasteiger partial charge is 0.377 e. The van der Waals surface area contributed by atoms with E-state index in [9.17, 15) is 9.90 Å². The minimum absolute atomic E-state index is 0.369. The van der Waals surface area contributed by atoms with Crippen LogP contribution in [0.5, 0.6) is 0 Å². The van der Waals surface area contributed by atoms with Crippen LogP contribution in [0.25, 0.3) is 16.9 Å². The fraction of sp³-hybridized carbons (Fsp3) is 0.263. The van der Waals surface area contributed by atoms with Gasteiger partial charge in [-0.15, -0.1) is 0 Å². The molecule has 0 aliphatic heterocycles. The van der Waals surface area contributed by atoms with Crippen LogP contribution in [0.1, 0.15) is 22.9 Å². The lowest BCUT2D eigenvalue weighted by molar-refractivity contribution is -0.138.